The number of ether oxygens (including phenoxy) is 1. The molecule has 0 saturated carbocycles. The number of nitrogens with two attached hydrogens (primary N) is 1. The van der Waals surface area contributed by atoms with Gasteiger partial charge >= 0.3 is 0 Å². The smallest absolute Gasteiger partial charge is 0.269 e. The average Bonchev–Trinajstić information content (AvgIpc) is 2.89. The predicted molar refractivity (Wildman–Crippen MR) is 75.2 cm³/mol. The summed E-state index contributed by atoms with van der Waals surface area (Å²) < 4.78 is 5.51. The van der Waals surface area contributed by atoms with Crippen molar-refractivity contribution in [2.45, 2.75) is 13.0 Å². The van der Waals surface area contributed by atoms with Gasteiger partial charge in [0.25, 0.3) is 5.69 Å². The molecule has 2 N–H and O–H groups in total. The Balaban J connectivity index is 1.88. The summed E-state index contributed by atoms with van der Waals surface area (Å²) in [5.41, 5.74) is 6.97. The summed E-state index contributed by atoms with van der Waals surface area (Å²) in [6, 6.07) is 8.44. The van der Waals surface area contributed by atoms with Gasteiger partial charge in [0.05, 0.1) is 18.1 Å². The first-order chi connectivity index (χ1) is 9.16. The first-order valence-corrected chi connectivity index (χ1v) is 6.67. The molecule has 100 valence electrons. The van der Waals surface area contributed by atoms with Crippen molar-refractivity contribution in [1.82, 2.24) is 0 Å². The van der Waals surface area contributed by atoms with E-state index in [2.05, 4.69) is 6.07 Å². The van der Waals surface area contributed by atoms with Crippen molar-refractivity contribution >= 4 is 22.7 Å². The number of thiophene rings is 1. The highest BCUT2D eigenvalue weighted by Crippen LogP contribution is 2.20. The summed E-state index contributed by atoms with van der Waals surface area (Å²) in [6.45, 7) is 0.863. The summed E-state index contributed by atoms with van der Waals surface area (Å²) in [5, 5.41) is 12.7. The topological polar surface area (TPSA) is 78.4 Å². The minimum Gasteiger partial charge on any atom is -0.398 e. The minimum absolute atomic E-state index is 0.0334. The van der Waals surface area contributed by atoms with Crippen LogP contribution in [0.2, 0.25) is 0 Å². The van der Waals surface area contributed by atoms with Crippen molar-refractivity contribution in [3.63, 3.8) is 0 Å². The highest BCUT2D eigenvalue weighted by molar-refractivity contribution is 7.09. The van der Waals surface area contributed by atoms with Gasteiger partial charge in [-0.1, -0.05) is 6.07 Å². The third-order valence-electron chi connectivity index (χ3n) is 2.67. The Morgan fingerprint density at radius 2 is 2.21 bits per heavy atom. The standard InChI is InChI=1S/C13H14N2O3S/c14-13-4-3-11(15(16)17)8-10(13)9-18-6-5-12-2-1-7-19-12/h1-4,7-8H,5-6,9,14H2. The lowest BCUT2D eigenvalue weighted by Crippen LogP contribution is -2.02. The number of anilines is 1. The van der Waals surface area contributed by atoms with Crippen molar-refractivity contribution in [2.75, 3.05) is 12.3 Å². The van der Waals surface area contributed by atoms with Crippen LogP contribution in [0.5, 0.6) is 0 Å². The Hall–Kier alpha value is -1.92. The van der Waals surface area contributed by atoms with Crippen molar-refractivity contribution in [3.05, 3.63) is 56.3 Å². The van der Waals surface area contributed by atoms with Crippen LogP contribution in [-0.4, -0.2) is 11.5 Å². The molecular weight excluding hydrogens is 264 g/mol. The molecule has 0 aliphatic carbocycles. The van der Waals surface area contributed by atoms with E-state index >= 15 is 0 Å². The molecule has 0 fully saturated rings. The summed E-state index contributed by atoms with van der Waals surface area (Å²) in [7, 11) is 0. The molecule has 5 nitrogen and oxygen atoms in total. The SMILES string of the molecule is Nc1ccc([N+](=O)[O-])cc1COCCc1cccs1. The van der Waals surface area contributed by atoms with Gasteiger partial charge in [-0.2, -0.15) is 0 Å². The Morgan fingerprint density at radius 3 is 2.89 bits per heavy atom. The molecule has 0 aliphatic rings. The fourth-order valence-electron chi connectivity index (χ4n) is 1.64. The van der Waals surface area contributed by atoms with Crippen LogP contribution >= 0.6 is 11.3 Å². The predicted octanol–water partition coefficient (Wildman–Crippen LogP) is 3.00. The molecule has 0 unspecified atom stereocenters. The number of nitro groups is 1. The lowest BCUT2D eigenvalue weighted by atomic mass is 10.1. The zero-order valence-corrected chi connectivity index (χ0v) is 11.1. The van der Waals surface area contributed by atoms with E-state index in [1.165, 1.54) is 23.1 Å². The molecule has 1 aromatic heterocycles. The van der Waals surface area contributed by atoms with Gasteiger partial charge in [0.1, 0.15) is 0 Å². The van der Waals surface area contributed by atoms with E-state index < -0.39 is 4.92 Å². The Bertz CT molecular complexity index is 555. The number of hydrogen-bond donors (Lipinski definition) is 1. The number of non-ortho nitro benzene ring substituents is 1. The van der Waals surface area contributed by atoms with Gasteiger partial charge < -0.3 is 10.5 Å². The van der Waals surface area contributed by atoms with Crippen LogP contribution in [0.1, 0.15) is 10.4 Å². The Kier molecular flexibility index (Phi) is 4.48. The maximum atomic E-state index is 10.7. The van der Waals surface area contributed by atoms with Crippen LogP contribution in [0.3, 0.4) is 0 Å². The van der Waals surface area contributed by atoms with E-state index in [-0.39, 0.29) is 5.69 Å². The molecule has 2 rings (SSSR count). The molecule has 0 saturated heterocycles. The Morgan fingerprint density at radius 1 is 1.37 bits per heavy atom. The molecule has 6 heteroatoms. The highest BCUT2D eigenvalue weighted by Gasteiger charge is 2.09. The zero-order chi connectivity index (χ0) is 13.7. The van der Waals surface area contributed by atoms with E-state index in [0.717, 1.165) is 6.42 Å². The number of benzene rings is 1. The zero-order valence-electron chi connectivity index (χ0n) is 10.2. The van der Waals surface area contributed by atoms with Crippen LogP contribution in [-0.2, 0) is 17.8 Å². The summed E-state index contributed by atoms with van der Waals surface area (Å²) in [4.78, 5) is 11.5. The number of hydrogen-bond acceptors (Lipinski definition) is 5. The summed E-state index contributed by atoms with van der Waals surface area (Å²) in [6.07, 6.45) is 0.840. The van der Waals surface area contributed by atoms with Gasteiger partial charge in [-0.3, -0.25) is 10.1 Å². The van der Waals surface area contributed by atoms with Gasteiger partial charge in [0, 0.05) is 34.7 Å². The van der Waals surface area contributed by atoms with Gasteiger partial charge in [-0.15, -0.1) is 11.3 Å². The number of nitrogen functional groups attached to an aromatic ring is 1. The van der Waals surface area contributed by atoms with Crippen LogP contribution in [0.4, 0.5) is 11.4 Å². The quantitative estimate of drug-likeness (QED) is 0.381. The number of nitro benzene ring substituents is 1. The average molecular weight is 278 g/mol. The normalized spacial score (nSPS) is 10.5. The van der Waals surface area contributed by atoms with E-state index in [0.29, 0.717) is 24.5 Å². The maximum Gasteiger partial charge on any atom is 0.269 e. The van der Waals surface area contributed by atoms with Crippen LogP contribution in [0.25, 0.3) is 0 Å². The van der Waals surface area contributed by atoms with E-state index in [9.17, 15) is 10.1 Å². The third-order valence-corrected chi connectivity index (χ3v) is 3.60. The molecule has 0 aliphatic heterocycles. The molecule has 2 aromatic rings. The molecule has 0 bridgehead atoms. The third kappa shape index (κ3) is 3.77. The molecular formula is C13H14N2O3S. The largest absolute Gasteiger partial charge is 0.398 e. The van der Waals surface area contributed by atoms with Gasteiger partial charge in [-0.25, -0.2) is 0 Å². The molecule has 0 amide bonds. The highest BCUT2D eigenvalue weighted by atomic mass is 32.1. The summed E-state index contributed by atoms with van der Waals surface area (Å²) >= 11 is 1.68. The molecule has 1 heterocycles. The van der Waals surface area contributed by atoms with Crippen molar-refractivity contribution in [2.24, 2.45) is 0 Å². The van der Waals surface area contributed by atoms with Crippen LogP contribution in [0.15, 0.2) is 35.7 Å². The van der Waals surface area contributed by atoms with Crippen LogP contribution in [0, 0.1) is 10.1 Å². The Labute approximate surface area is 114 Å². The molecule has 19 heavy (non-hydrogen) atoms. The number of nitrogens with zero attached hydrogens (tertiary/aromatic N) is 1. The van der Waals surface area contributed by atoms with Crippen molar-refractivity contribution in [3.8, 4) is 0 Å². The van der Waals surface area contributed by atoms with Crippen molar-refractivity contribution in [1.29, 1.82) is 0 Å². The van der Waals surface area contributed by atoms with Gasteiger partial charge in [0.2, 0.25) is 0 Å². The van der Waals surface area contributed by atoms with Gasteiger partial charge in [0.15, 0.2) is 0 Å². The fraction of sp³-hybridized carbons (Fsp3) is 0.231. The second-order valence-electron chi connectivity index (χ2n) is 4.02. The fourth-order valence-corrected chi connectivity index (χ4v) is 2.33. The van der Waals surface area contributed by atoms with E-state index in [1.54, 1.807) is 11.3 Å². The molecule has 0 radical (unpaired) electrons. The van der Waals surface area contributed by atoms with Crippen molar-refractivity contribution < 1.29 is 9.66 Å². The van der Waals surface area contributed by atoms with E-state index in [4.69, 9.17) is 10.5 Å². The first kappa shape index (κ1) is 13.5. The second-order valence-corrected chi connectivity index (χ2v) is 5.05. The van der Waals surface area contributed by atoms with Crippen LogP contribution < -0.4 is 5.73 Å². The molecule has 0 atom stereocenters. The van der Waals surface area contributed by atoms with E-state index in [1.807, 2.05) is 11.4 Å². The van der Waals surface area contributed by atoms with Gasteiger partial charge in [-0.05, 0) is 17.5 Å². The number of rotatable bonds is 6. The lowest BCUT2D eigenvalue weighted by Gasteiger charge is -2.06. The summed E-state index contributed by atoms with van der Waals surface area (Å²) in [5.74, 6) is 0. The molecule has 1 aromatic carbocycles. The maximum absolute atomic E-state index is 10.7. The second kappa shape index (κ2) is 6.31. The lowest BCUT2D eigenvalue weighted by molar-refractivity contribution is -0.384. The monoisotopic (exact) mass is 278 g/mol. The first-order valence-electron chi connectivity index (χ1n) is 5.80. The molecule has 0 spiro atoms. The minimum atomic E-state index is -0.436.